The largest absolute Gasteiger partial charge is 0.298 e. The molecule has 0 atom stereocenters. The summed E-state index contributed by atoms with van der Waals surface area (Å²) >= 11 is 0. The molecule has 1 N–H and O–H groups in total. The second kappa shape index (κ2) is 6.58. The van der Waals surface area contributed by atoms with Crippen molar-refractivity contribution in [3.63, 3.8) is 0 Å². The third-order valence-electron chi connectivity index (χ3n) is 4.53. The lowest BCUT2D eigenvalue weighted by molar-refractivity contribution is 0.239. The Morgan fingerprint density at radius 3 is 2.82 bits per heavy atom. The van der Waals surface area contributed by atoms with Crippen molar-refractivity contribution < 1.29 is 0 Å². The van der Waals surface area contributed by atoms with Crippen LogP contribution in [0.3, 0.4) is 0 Å². The molecule has 5 heteroatoms. The fourth-order valence-electron chi connectivity index (χ4n) is 2.87. The molecule has 0 saturated carbocycles. The van der Waals surface area contributed by atoms with Crippen LogP contribution in [0, 0.1) is 0 Å². The van der Waals surface area contributed by atoms with Crippen LogP contribution < -0.4 is 0 Å². The number of rotatable bonds is 5. The number of H-pyrrole nitrogens is 1. The van der Waals surface area contributed by atoms with E-state index in [4.69, 9.17) is 0 Å². The predicted molar refractivity (Wildman–Crippen MR) is 87.2 cm³/mol. The fraction of sp³-hybridized carbons (Fsp3) is 0.529. The summed E-state index contributed by atoms with van der Waals surface area (Å²) in [7, 11) is 2.16. The Morgan fingerprint density at radius 1 is 1.32 bits per heavy atom. The Bertz CT molecular complexity index is 605. The highest BCUT2D eigenvalue weighted by Crippen LogP contribution is 2.22. The van der Waals surface area contributed by atoms with Crippen LogP contribution in [0.1, 0.15) is 36.4 Å². The van der Waals surface area contributed by atoms with Gasteiger partial charge in [0.15, 0.2) is 0 Å². The van der Waals surface area contributed by atoms with Gasteiger partial charge < -0.3 is 0 Å². The molecule has 0 saturated heterocycles. The lowest BCUT2D eigenvalue weighted by Crippen LogP contribution is -2.31. The van der Waals surface area contributed by atoms with Gasteiger partial charge in [-0.25, -0.2) is 0 Å². The molecule has 1 aliphatic heterocycles. The highest BCUT2D eigenvalue weighted by Gasteiger charge is 2.22. The van der Waals surface area contributed by atoms with Crippen LogP contribution in [0.4, 0.5) is 0 Å². The summed E-state index contributed by atoms with van der Waals surface area (Å²) in [4.78, 5) is 8.88. The Kier molecular flexibility index (Phi) is 4.55. The second-order valence-electron chi connectivity index (χ2n) is 6.45. The van der Waals surface area contributed by atoms with Crippen molar-refractivity contribution in [1.29, 1.82) is 0 Å². The summed E-state index contributed by atoms with van der Waals surface area (Å²) < 4.78 is 0. The van der Waals surface area contributed by atoms with Crippen molar-refractivity contribution in [3.8, 4) is 0 Å². The number of hydrogen-bond donors (Lipinski definition) is 1. The van der Waals surface area contributed by atoms with Gasteiger partial charge in [0, 0.05) is 50.2 Å². The Balaban J connectivity index is 1.66. The quantitative estimate of drug-likeness (QED) is 0.919. The summed E-state index contributed by atoms with van der Waals surface area (Å²) in [6.45, 7) is 8.38. The maximum Gasteiger partial charge on any atom is 0.0798 e. The van der Waals surface area contributed by atoms with Crippen molar-refractivity contribution in [1.82, 2.24) is 25.0 Å². The van der Waals surface area contributed by atoms with Crippen LogP contribution in [0.2, 0.25) is 0 Å². The predicted octanol–water partition coefficient (Wildman–Crippen LogP) is 2.20. The molecular weight excluding hydrogens is 274 g/mol. The summed E-state index contributed by atoms with van der Waals surface area (Å²) in [6.07, 6.45) is 4.81. The van der Waals surface area contributed by atoms with Gasteiger partial charge in [-0.2, -0.15) is 5.10 Å². The molecule has 2 aromatic rings. The molecule has 0 aromatic carbocycles. The summed E-state index contributed by atoms with van der Waals surface area (Å²) in [5.41, 5.74) is 5.25. The minimum atomic E-state index is 0.541. The first kappa shape index (κ1) is 15.2. The van der Waals surface area contributed by atoms with Gasteiger partial charge in [0.25, 0.3) is 0 Å². The summed E-state index contributed by atoms with van der Waals surface area (Å²) in [6, 6.07) is 4.72. The van der Waals surface area contributed by atoms with Gasteiger partial charge in [0.05, 0.1) is 11.4 Å². The minimum Gasteiger partial charge on any atom is -0.298 e. The van der Waals surface area contributed by atoms with Crippen LogP contribution in [0.5, 0.6) is 0 Å². The molecule has 3 heterocycles. The second-order valence-corrected chi connectivity index (χ2v) is 6.45. The van der Waals surface area contributed by atoms with Crippen LogP contribution in [0.25, 0.3) is 0 Å². The Morgan fingerprint density at radius 2 is 2.09 bits per heavy atom. The summed E-state index contributed by atoms with van der Waals surface area (Å²) in [5, 5.41) is 7.81. The maximum atomic E-state index is 4.56. The van der Waals surface area contributed by atoms with E-state index in [0.29, 0.717) is 6.04 Å². The monoisotopic (exact) mass is 299 g/mol. The maximum absolute atomic E-state index is 4.56. The Labute approximate surface area is 132 Å². The number of nitrogens with one attached hydrogen (secondary N) is 1. The van der Waals surface area contributed by atoms with E-state index in [0.717, 1.165) is 32.6 Å². The smallest absolute Gasteiger partial charge is 0.0798 e. The Hall–Kier alpha value is -1.72. The number of nitrogens with zero attached hydrogens (tertiary/aromatic N) is 4. The SMILES string of the molecule is CC(C)N(C)Cc1n[nH]c2c1CCN(Cc1ccncc1)C2. The molecule has 0 radical (unpaired) electrons. The molecule has 0 unspecified atom stereocenters. The average molecular weight is 299 g/mol. The first-order valence-corrected chi connectivity index (χ1v) is 8.00. The van der Waals surface area contributed by atoms with Gasteiger partial charge in [-0.1, -0.05) is 0 Å². The van der Waals surface area contributed by atoms with Gasteiger partial charge in [0.1, 0.15) is 0 Å². The van der Waals surface area contributed by atoms with Crippen molar-refractivity contribution in [2.45, 2.75) is 45.9 Å². The average Bonchev–Trinajstić information content (AvgIpc) is 2.90. The van der Waals surface area contributed by atoms with Crippen molar-refractivity contribution in [3.05, 3.63) is 47.0 Å². The molecule has 2 aromatic heterocycles. The number of pyridine rings is 1. The van der Waals surface area contributed by atoms with Crippen LogP contribution in [0.15, 0.2) is 24.5 Å². The lowest BCUT2D eigenvalue weighted by Gasteiger charge is -2.27. The molecule has 22 heavy (non-hydrogen) atoms. The van der Waals surface area contributed by atoms with Gasteiger partial charge in [-0.15, -0.1) is 0 Å². The van der Waals surface area contributed by atoms with Crippen LogP contribution in [-0.2, 0) is 26.1 Å². The normalized spacial score (nSPS) is 15.5. The van der Waals surface area contributed by atoms with Crippen molar-refractivity contribution >= 4 is 0 Å². The van der Waals surface area contributed by atoms with E-state index in [-0.39, 0.29) is 0 Å². The van der Waals surface area contributed by atoms with Crippen molar-refractivity contribution in [2.75, 3.05) is 13.6 Å². The zero-order valence-electron chi connectivity index (χ0n) is 13.7. The molecule has 3 rings (SSSR count). The molecule has 0 amide bonds. The molecular formula is C17H25N5. The highest BCUT2D eigenvalue weighted by atomic mass is 15.2. The highest BCUT2D eigenvalue weighted by molar-refractivity contribution is 5.28. The molecule has 0 fully saturated rings. The first-order valence-electron chi connectivity index (χ1n) is 8.00. The third-order valence-corrected chi connectivity index (χ3v) is 4.53. The number of aromatic nitrogens is 3. The molecule has 118 valence electrons. The van der Waals surface area contributed by atoms with Gasteiger partial charge >= 0.3 is 0 Å². The van der Waals surface area contributed by atoms with Gasteiger partial charge in [0.2, 0.25) is 0 Å². The standard InChI is InChI=1S/C17H25N5/c1-13(2)21(3)11-16-15-6-9-22(12-17(15)20-19-16)10-14-4-7-18-8-5-14/h4-5,7-8,13H,6,9-12H2,1-3H3,(H,19,20). The van der Waals surface area contributed by atoms with Crippen LogP contribution >= 0.6 is 0 Å². The van der Waals surface area contributed by atoms with Crippen LogP contribution in [-0.4, -0.2) is 44.6 Å². The van der Waals surface area contributed by atoms with Gasteiger partial charge in [-0.3, -0.25) is 19.9 Å². The topological polar surface area (TPSA) is 48.1 Å². The van der Waals surface area contributed by atoms with E-state index < -0.39 is 0 Å². The van der Waals surface area contributed by atoms with Gasteiger partial charge in [-0.05, 0) is 45.0 Å². The number of fused-ring (bicyclic) bond motifs is 1. The fourth-order valence-corrected chi connectivity index (χ4v) is 2.87. The molecule has 5 nitrogen and oxygen atoms in total. The van der Waals surface area contributed by atoms with E-state index in [1.807, 2.05) is 12.4 Å². The zero-order chi connectivity index (χ0) is 15.5. The molecule has 0 aliphatic carbocycles. The van der Waals surface area contributed by atoms with E-state index in [1.54, 1.807) is 0 Å². The zero-order valence-corrected chi connectivity index (χ0v) is 13.7. The van der Waals surface area contributed by atoms with Crippen molar-refractivity contribution in [2.24, 2.45) is 0 Å². The minimum absolute atomic E-state index is 0.541. The molecule has 0 bridgehead atoms. The number of aromatic amines is 1. The van der Waals surface area contributed by atoms with E-state index >= 15 is 0 Å². The summed E-state index contributed by atoms with van der Waals surface area (Å²) in [5.74, 6) is 0. The third kappa shape index (κ3) is 3.36. The molecule has 0 spiro atoms. The van der Waals surface area contributed by atoms with E-state index in [9.17, 15) is 0 Å². The lowest BCUT2D eigenvalue weighted by atomic mass is 10.0. The molecule has 1 aliphatic rings. The van der Waals surface area contributed by atoms with E-state index in [1.165, 1.54) is 22.5 Å². The first-order chi connectivity index (χ1) is 10.6. The number of hydrogen-bond acceptors (Lipinski definition) is 4. The van der Waals surface area contributed by atoms with E-state index in [2.05, 4.69) is 58.0 Å².